The Labute approximate surface area is 124 Å². The maximum absolute atomic E-state index is 6.43. The maximum Gasteiger partial charge on any atom is 0.0972 e. The van der Waals surface area contributed by atoms with Crippen LogP contribution in [0.2, 0.25) is 10.0 Å². The molecule has 2 aliphatic rings. The standard InChI is InChI=1S/C15H19Cl2NO/c16-11-4-5-13(17)12(8-11)14-9-18-10-15(19-14)6-2-1-3-7-15/h4-5,8,14,18H,1-3,6-7,9-10H2. The first-order valence-corrected chi connectivity index (χ1v) is 7.78. The minimum absolute atomic E-state index is 0.00676. The molecule has 2 nitrogen and oxygen atoms in total. The van der Waals surface area contributed by atoms with E-state index in [0.717, 1.165) is 36.5 Å². The fourth-order valence-electron chi connectivity index (χ4n) is 3.24. The van der Waals surface area contributed by atoms with Gasteiger partial charge in [0.1, 0.15) is 0 Å². The van der Waals surface area contributed by atoms with Crippen LogP contribution in [0.5, 0.6) is 0 Å². The lowest BCUT2D eigenvalue weighted by molar-refractivity contribution is -0.135. The molecular formula is C15H19Cl2NO. The highest BCUT2D eigenvalue weighted by Gasteiger charge is 2.39. The van der Waals surface area contributed by atoms with Crippen LogP contribution in [0.25, 0.3) is 0 Å². The lowest BCUT2D eigenvalue weighted by Gasteiger charge is -2.44. The molecule has 3 rings (SSSR count). The van der Waals surface area contributed by atoms with Crippen LogP contribution in [-0.4, -0.2) is 18.7 Å². The second-order valence-electron chi connectivity index (χ2n) is 5.65. The number of nitrogens with one attached hydrogen (secondary N) is 1. The lowest BCUT2D eigenvalue weighted by Crippen LogP contribution is -2.51. The number of halogens is 2. The van der Waals surface area contributed by atoms with E-state index in [9.17, 15) is 0 Å². The van der Waals surface area contributed by atoms with E-state index in [1.54, 1.807) is 0 Å². The minimum Gasteiger partial charge on any atom is -0.364 e. The molecule has 1 saturated carbocycles. The van der Waals surface area contributed by atoms with Gasteiger partial charge in [-0.2, -0.15) is 0 Å². The van der Waals surface area contributed by atoms with Crippen LogP contribution in [0, 0.1) is 0 Å². The summed E-state index contributed by atoms with van der Waals surface area (Å²) in [7, 11) is 0. The molecule has 1 heterocycles. The monoisotopic (exact) mass is 299 g/mol. The Balaban J connectivity index is 1.82. The van der Waals surface area contributed by atoms with E-state index in [-0.39, 0.29) is 11.7 Å². The molecule has 1 spiro atoms. The molecule has 0 aromatic heterocycles. The second kappa shape index (κ2) is 5.61. The van der Waals surface area contributed by atoms with E-state index in [1.807, 2.05) is 18.2 Å². The highest BCUT2D eigenvalue weighted by atomic mass is 35.5. The van der Waals surface area contributed by atoms with E-state index >= 15 is 0 Å². The maximum atomic E-state index is 6.43. The molecule has 1 unspecified atom stereocenters. The zero-order valence-corrected chi connectivity index (χ0v) is 12.4. The summed E-state index contributed by atoms with van der Waals surface area (Å²) in [6.07, 6.45) is 6.16. The molecule has 1 aliphatic heterocycles. The predicted molar refractivity (Wildman–Crippen MR) is 79.0 cm³/mol. The number of morpholine rings is 1. The molecular weight excluding hydrogens is 281 g/mol. The van der Waals surface area contributed by atoms with Crippen LogP contribution in [-0.2, 0) is 4.74 Å². The van der Waals surface area contributed by atoms with Gasteiger partial charge in [-0.1, -0.05) is 42.5 Å². The van der Waals surface area contributed by atoms with Gasteiger partial charge in [0.05, 0.1) is 11.7 Å². The zero-order valence-electron chi connectivity index (χ0n) is 10.9. The average Bonchev–Trinajstić information content (AvgIpc) is 2.42. The first-order valence-electron chi connectivity index (χ1n) is 7.02. The Morgan fingerprint density at radius 2 is 1.95 bits per heavy atom. The summed E-state index contributed by atoms with van der Waals surface area (Å²) in [6.45, 7) is 1.77. The zero-order chi connectivity index (χ0) is 13.3. The van der Waals surface area contributed by atoms with Crippen molar-refractivity contribution >= 4 is 23.2 Å². The van der Waals surface area contributed by atoms with E-state index in [1.165, 1.54) is 19.3 Å². The number of rotatable bonds is 1. The molecule has 1 aromatic carbocycles. The van der Waals surface area contributed by atoms with Gasteiger partial charge >= 0.3 is 0 Å². The summed E-state index contributed by atoms with van der Waals surface area (Å²) in [5.74, 6) is 0. The Morgan fingerprint density at radius 3 is 2.74 bits per heavy atom. The normalized spacial score (nSPS) is 26.5. The summed E-state index contributed by atoms with van der Waals surface area (Å²) in [5.41, 5.74) is 1.01. The Hall–Kier alpha value is -0.280. The van der Waals surface area contributed by atoms with Gasteiger partial charge < -0.3 is 10.1 Å². The van der Waals surface area contributed by atoms with E-state index in [4.69, 9.17) is 27.9 Å². The third-order valence-electron chi connectivity index (χ3n) is 4.24. The van der Waals surface area contributed by atoms with Crippen LogP contribution in [0.4, 0.5) is 0 Å². The average molecular weight is 300 g/mol. The van der Waals surface area contributed by atoms with Crippen molar-refractivity contribution in [1.29, 1.82) is 0 Å². The van der Waals surface area contributed by atoms with Gasteiger partial charge in [0, 0.05) is 28.7 Å². The van der Waals surface area contributed by atoms with Crippen LogP contribution >= 0.6 is 23.2 Å². The van der Waals surface area contributed by atoms with Gasteiger partial charge in [0.2, 0.25) is 0 Å². The van der Waals surface area contributed by atoms with Crippen molar-refractivity contribution in [2.75, 3.05) is 13.1 Å². The Morgan fingerprint density at radius 1 is 1.16 bits per heavy atom. The number of hydrogen-bond acceptors (Lipinski definition) is 2. The first kappa shape index (κ1) is 13.7. The SMILES string of the molecule is Clc1ccc(Cl)c(C2CNCC3(CCCCC3)O2)c1. The van der Waals surface area contributed by atoms with Gasteiger partial charge in [0.15, 0.2) is 0 Å². The number of benzene rings is 1. The summed E-state index contributed by atoms with van der Waals surface area (Å²) >= 11 is 12.4. The van der Waals surface area contributed by atoms with Crippen molar-refractivity contribution in [3.8, 4) is 0 Å². The summed E-state index contributed by atoms with van der Waals surface area (Å²) in [5, 5.41) is 4.97. The molecule has 0 bridgehead atoms. The third kappa shape index (κ3) is 2.92. The van der Waals surface area contributed by atoms with Gasteiger partial charge in [-0.15, -0.1) is 0 Å². The van der Waals surface area contributed by atoms with Crippen molar-refractivity contribution in [1.82, 2.24) is 5.32 Å². The van der Waals surface area contributed by atoms with Crippen molar-refractivity contribution < 1.29 is 4.74 Å². The van der Waals surface area contributed by atoms with Gasteiger partial charge in [0.25, 0.3) is 0 Å². The number of hydrogen-bond donors (Lipinski definition) is 1. The highest BCUT2D eigenvalue weighted by molar-refractivity contribution is 6.33. The Bertz CT molecular complexity index is 452. The summed E-state index contributed by atoms with van der Waals surface area (Å²) in [4.78, 5) is 0. The van der Waals surface area contributed by atoms with E-state index in [0.29, 0.717) is 5.02 Å². The van der Waals surface area contributed by atoms with Crippen LogP contribution in [0.3, 0.4) is 0 Å². The highest BCUT2D eigenvalue weighted by Crippen LogP contribution is 2.39. The van der Waals surface area contributed by atoms with Gasteiger partial charge in [-0.3, -0.25) is 0 Å². The molecule has 1 atom stereocenters. The largest absolute Gasteiger partial charge is 0.364 e. The topological polar surface area (TPSA) is 21.3 Å². The van der Waals surface area contributed by atoms with E-state index in [2.05, 4.69) is 5.32 Å². The molecule has 2 fully saturated rings. The molecule has 4 heteroatoms. The fraction of sp³-hybridized carbons (Fsp3) is 0.600. The van der Waals surface area contributed by atoms with Crippen LogP contribution in [0.1, 0.15) is 43.8 Å². The number of ether oxygens (including phenoxy) is 1. The fourth-order valence-corrected chi connectivity index (χ4v) is 3.66. The third-order valence-corrected chi connectivity index (χ3v) is 4.82. The van der Waals surface area contributed by atoms with Gasteiger partial charge in [-0.05, 0) is 31.0 Å². The molecule has 0 amide bonds. The first-order chi connectivity index (χ1) is 9.19. The molecule has 1 aliphatic carbocycles. The van der Waals surface area contributed by atoms with Crippen molar-refractivity contribution in [2.24, 2.45) is 0 Å². The second-order valence-corrected chi connectivity index (χ2v) is 6.49. The van der Waals surface area contributed by atoms with Crippen molar-refractivity contribution in [3.05, 3.63) is 33.8 Å². The van der Waals surface area contributed by atoms with Crippen LogP contribution in [0.15, 0.2) is 18.2 Å². The quantitative estimate of drug-likeness (QED) is 0.832. The lowest BCUT2D eigenvalue weighted by atomic mass is 9.83. The van der Waals surface area contributed by atoms with Crippen molar-refractivity contribution in [2.45, 2.75) is 43.8 Å². The molecule has 0 radical (unpaired) electrons. The summed E-state index contributed by atoms with van der Waals surface area (Å²) in [6, 6.07) is 5.60. The molecule has 1 aromatic rings. The summed E-state index contributed by atoms with van der Waals surface area (Å²) < 4.78 is 6.43. The van der Waals surface area contributed by atoms with Crippen molar-refractivity contribution in [3.63, 3.8) is 0 Å². The van der Waals surface area contributed by atoms with E-state index < -0.39 is 0 Å². The molecule has 1 N–H and O–H groups in total. The van der Waals surface area contributed by atoms with Gasteiger partial charge in [-0.25, -0.2) is 0 Å². The minimum atomic E-state index is 0.00676. The van der Waals surface area contributed by atoms with Crippen LogP contribution < -0.4 is 5.32 Å². The smallest absolute Gasteiger partial charge is 0.0972 e. The molecule has 104 valence electrons. The predicted octanol–water partition coefficient (Wildman–Crippen LogP) is 4.36. The molecule has 1 saturated heterocycles. The Kier molecular flexibility index (Phi) is 4.04. The molecule has 19 heavy (non-hydrogen) atoms.